The second-order valence-corrected chi connectivity index (χ2v) is 10.1. The minimum Gasteiger partial charge on any atom is -0.375 e. The van der Waals surface area contributed by atoms with Crippen molar-refractivity contribution in [2.45, 2.75) is 39.0 Å². The molecular weight excluding hydrogens is 400 g/mol. The topological polar surface area (TPSA) is 49.9 Å². The van der Waals surface area contributed by atoms with Gasteiger partial charge >= 0.3 is 0 Å². The molecule has 3 aliphatic rings. The van der Waals surface area contributed by atoms with E-state index in [2.05, 4.69) is 24.0 Å². The molecule has 2 heterocycles. The summed E-state index contributed by atoms with van der Waals surface area (Å²) >= 11 is 6.03. The zero-order valence-corrected chi connectivity index (χ0v) is 18.9. The number of benzene rings is 1. The van der Waals surface area contributed by atoms with Crippen LogP contribution in [0.1, 0.15) is 38.2 Å². The Kier molecular flexibility index (Phi) is 6.40. The number of hydrogen-bond acceptors (Lipinski definition) is 3. The van der Waals surface area contributed by atoms with Crippen LogP contribution >= 0.6 is 11.6 Å². The van der Waals surface area contributed by atoms with Crippen LogP contribution in [0, 0.1) is 23.2 Å². The van der Waals surface area contributed by atoms with Crippen LogP contribution in [0.4, 0.5) is 0 Å². The van der Waals surface area contributed by atoms with Gasteiger partial charge in [0.1, 0.15) is 6.61 Å². The van der Waals surface area contributed by atoms with E-state index in [1.54, 1.807) is 7.11 Å². The molecule has 2 amide bonds. The molecule has 2 aliphatic heterocycles. The van der Waals surface area contributed by atoms with E-state index in [0.29, 0.717) is 36.8 Å². The lowest BCUT2D eigenvalue weighted by atomic mass is 9.79. The summed E-state index contributed by atoms with van der Waals surface area (Å²) in [6.45, 7) is 5.29. The number of carbonyl (C=O) groups is 2. The molecule has 4 rings (SSSR count). The first kappa shape index (κ1) is 21.6. The smallest absolute Gasteiger partial charge is 0.248 e. The van der Waals surface area contributed by atoms with E-state index >= 15 is 0 Å². The molecule has 1 aromatic rings. The van der Waals surface area contributed by atoms with Gasteiger partial charge in [0.15, 0.2) is 0 Å². The molecule has 0 unspecified atom stereocenters. The van der Waals surface area contributed by atoms with Crippen molar-refractivity contribution in [2.24, 2.45) is 23.2 Å². The molecule has 3 fully saturated rings. The van der Waals surface area contributed by atoms with Crippen molar-refractivity contribution in [3.05, 3.63) is 34.9 Å². The highest BCUT2D eigenvalue weighted by atomic mass is 35.5. The van der Waals surface area contributed by atoms with E-state index in [-0.39, 0.29) is 17.9 Å². The van der Waals surface area contributed by atoms with Crippen LogP contribution in [0.15, 0.2) is 24.3 Å². The Morgan fingerprint density at radius 2 is 1.80 bits per heavy atom. The van der Waals surface area contributed by atoms with Crippen molar-refractivity contribution in [2.75, 3.05) is 39.9 Å². The Labute approximate surface area is 184 Å². The van der Waals surface area contributed by atoms with E-state index in [0.717, 1.165) is 37.4 Å². The van der Waals surface area contributed by atoms with Gasteiger partial charge < -0.3 is 14.5 Å². The molecule has 0 spiro atoms. The molecule has 5 nitrogen and oxygen atoms in total. The van der Waals surface area contributed by atoms with E-state index in [9.17, 15) is 9.59 Å². The Balaban J connectivity index is 1.34. The number of amides is 2. The third-order valence-corrected chi connectivity index (χ3v) is 7.96. The molecule has 0 aromatic heterocycles. The molecule has 164 valence electrons. The molecule has 3 atom stereocenters. The monoisotopic (exact) mass is 432 g/mol. The number of fused-ring (bicyclic) bond motifs is 1. The molecular formula is C24H33ClN2O3. The standard InChI is InChI=1S/C24H33ClN2O3/c1-24(9-11-26(12-10-24)22(28)16-30-2)23(29)27-14-19-6-5-18(21(19)15-27)13-17-3-7-20(25)8-4-17/h3-4,7-8,18-19,21H,5-6,9-16H2,1-2H3/t18-,19-,21-/m1/s1. The van der Waals surface area contributed by atoms with Crippen molar-refractivity contribution in [3.8, 4) is 0 Å². The molecule has 1 aliphatic carbocycles. The highest BCUT2D eigenvalue weighted by molar-refractivity contribution is 6.30. The van der Waals surface area contributed by atoms with Crippen molar-refractivity contribution in [1.29, 1.82) is 0 Å². The van der Waals surface area contributed by atoms with Crippen molar-refractivity contribution < 1.29 is 14.3 Å². The molecule has 2 saturated heterocycles. The van der Waals surface area contributed by atoms with Crippen molar-refractivity contribution in [3.63, 3.8) is 0 Å². The Morgan fingerprint density at radius 3 is 2.47 bits per heavy atom. The van der Waals surface area contributed by atoms with Gasteiger partial charge in [-0.3, -0.25) is 9.59 Å². The number of nitrogens with zero attached hydrogens (tertiary/aromatic N) is 2. The second kappa shape index (κ2) is 8.88. The van der Waals surface area contributed by atoms with E-state index in [1.165, 1.54) is 18.4 Å². The van der Waals surface area contributed by atoms with E-state index in [1.807, 2.05) is 17.0 Å². The summed E-state index contributed by atoms with van der Waals surface area (Å²) in [5.41, 5.74) is 0.989. The van der Waals surface area contributed by atoms with E-state index in [4.69, 9.17) is 16.3 Å². The molecule has 6 heteroatoms. The minimum atomic E-state index is -0.353. The van der Waals surface area contributed by atoms with Gasteiger partial charge in [0.25, 0.3) is 0 Å². The normalized spacial score (nSPS) is 27.9. The minimum absolute atomic E-state index is 0.0211. The lowest BCUT2D eigenvalue weighted by molar-refractivity contribution is -0.147. The number of methoxy groups -OCH3 is 1. The summed E-state index contributed by atoms with van der Waals surface area (Å²) in [7, 11) is 1.54. The maximum Gasteiger partial charge on any atom is 0.248 e. The fraction of sp³-hybridized carbons (Fsp3) is 0.667. The third-order valence-electron chi connectivity index (χ3n) is 7.71. The second-order valence-electron chi connectivity index (χ2n) is 9.68. The molecule has 0 bridgehead atoms. The molecule has 0 N–H and O–H groups in total. The third kappa shape index (κ3) is 4.38. The maximum atomic E-state index is 13.4. The van der Waals surface area contributed by atoms with Gasteiger partial charge in [-0.25, -0.2) is 0 Å². The number of hydrogen-bond donors (Lipinski definition) is 0. The lowest BCUT2D eigenvalue weighted by Crippen LogP contribution is -2.50. The largest absolute Gasteiger partial charge is 0.375 e. The Hall–Kier alpha value is -1.59. The van der Waals surface area contributed by atoms with E-state index < -0.39 is 0 Å². The van der Waals surface area contributed by atoms with Gasteiger partial charge in [0.05, 0.1) is 0 Å². The first-order chi connectivity index (χ1) is 14.4. The maximum absolute atomic E-state index is 13.4. The summed E-state index contributed by atoms with van der Waals surface area (Å²) in [5, 5.41) is 0.781. The van der Waals surface area contributed by atoms with Crippen LogP contribution in [-0.4, -0.2) is 61.5 Å². The first-order valence-corrected chi connectivity index (χ1v) is 11.6. The van der Waals surface area contributed by atoms with Crippen molar-refractivity contribution >= 4 is 23.4 Å². The van der Waals surface area contributed by atoms with Crippen LogP contribution in [-0.2, 0) is 20.7 Å². The molecule has 1 aromatic carbocycles. The average molecular weight is 433 g/mol. The average Bonchev–Trinajstić information content (AvgIpc) is 3.31. The Bertz CT molecular complexity index is 773. The predicted octanol–water partition coefficient (Wildman–Crippen LogP) is 3.64. The summed E-state index contributed by atoms with van der Waals surface area (Å²) in [6, 6.07) is 8.21. The van der Waals surface area contributed by atoms with Crippen LogP contribution in [0.25, 0.3) is 0 Å². The van der Waals surface area contributed by atoms with Crippen LogP contribution in [0.2, 0.25) is 5.02 Å². The molecule has 1 saturated carbocycles. The van der Waals surface area contributed by atoms with Gasteiger partial charge in [-0.05, 0) is 67.6 Å². The highest BCUT2D eigenvalue weighted by Gasteiger charge is 2.48. The van der Waals surface area contributed by atoms with Gasteiger partial charge in [-0.15, -0.1) is 0 Å². The number of piperidine rings is 1. The summed E-state index contributed by atoms with van der Waals surface area (Å²) in [5.74, 6) is 2.21. The molecule has 30 heavy (non-hydrogen) atoms. The number of carbonyl (C=O) groups excluding carboxylic acids is 2. The van der Waals surface area contributed by atoms with Crippen LogP contribution < -0.4 is 0 Å². The van der Waals surface area contributed by atoms with Gasteiger partial charge in [-0.1, -0.05) is 30.7 Å². The number of likely N-dealkylation sites (tertiary alicyclic amines) is 2. The van der Waals surface area contributed by atoms with Crippen LogP contribution in [0.5, 0.6) is 0 Å². The summed E-state index contributed by atoms with van der Waals surface area (Å²) in [4.78, 5) is 29.5. The fourth-order valence-corrected chi connectivity index (χ4v) is 5.91. The van der Waals surface area contributed by atoms with Crippen LogP contribution in [0.3, 0.4) is 0 Å². The highest BCUT2D eigenvalue weighted by Crippen LogP contribution is 2.45. The zero-order chi connectivity index (χ0) is 21.3. The van der Waals surface area contributed by atoms with Gasteiger partial charge in [0, 0.05) is 43.7 Å². The fourth-order valence-electron chi connectivity index (χ4n) is 5.78. The first-order valence-electron chi connectivity index (χ1n) is 11.2. The number of halogens is 1. The summed E-state index contributed by atoms with van der Waals surface area (Å²) < 4.78 is 4.97. The van der Waals surface area contributed by atoms with Gasteiger partial charge in [-0.2, -0.15) is 0 Å². The summed E-state index contributed by atoms with van der Waals surface area (Å²) in [6.07, 6.45) is 5.04. The zero-order valence-electron chi connectivity index (χ0n) is 18.1. The Morgan fingerprint density at radius 1 is 1.10 bits per heavy atom. The number of ether oxygens (including phenoxy) is 1. The SMILES string of the molecule is COCC(=O)N1CCC(C)(C(=O)N2C[C@H]3CC[C@H](Cc4ccc(Cl)cc4)[C@H]3C2)CC1. The van der Waals surface area contributed by atoms with Gasteiger partial charge in [0.2, 0.25) is 11.8 Å². The number of rotatable bonds is 5. The lowest BCUT2D eigenvalue weighted by Gasteiger charge is -2.40. The quantitative estimate of drug-likeness (QED) is 0.713. The molecule has 0 radical (unpaired) electrons. The predicted molar refractivity (Wildman–Crippen MR) is 117 cm³/mol. The van der Waals surface area contributed by atoms with Crippen molar-refractivity contribution in [1.82, 2.24) is 9.80 Å².